The highest BCUT2D eigenvalue weighted by Gasteiger charge is 2.27. The number of aromatic nitrogens is 1. The van der Waals surface area contributed by atoms with Crippen LogP contribution in [0, 0.1) is 11.8 Å². The molecule has 1 aliphatic carbocycles. The van der Waals surface area contributed by atoms with Gasteiger partial charge in [-0.25, -0.2) is 13.4 Å². The summed E-state index contributed by atoms with van der Waals surface area (Å²) in [4.78, 5) is 4.73. The van der Waals surface area contributed by atoms with Crippen LogP contribution in [0.4, 0.5) is 5.13 Å². The average molecular weight is 314 g/mol. The van der Waals surface area contributed by atoms with Gasteiger partial charge in [0.05, 0.1) is 22.9 Å². The molecule has 0 saturated heterocycles. The molecule has 1 saturated carbocycles. The maximum Gasteiger partial charge on any atom is 0.237 e. The fourth-order valence-electron chi connectivity index (χ4n) is 2.17. The SMILES string of the molecule is O=S(=O)(Nc1ncc(C#CCCO)s1)C1CCCCC1. The summed E-state index contributed by atoms with van der Waals surface area (Å²) < 4.78 is 27.0. The van der Waals surface area contributed by atoms with E-state index in [0.717, 1.165) is 32.1 Å². The van der Waals surface area contributed by atoms with Crippen molar-refractivity contribution < 1.29 is 13.5 Å². The molecule has 0 atom stereocenters. The topological polar surface area (TPSA) is 79.3 Å². The van der Waals surface area contributed by atoms with E-state index in [1.165, 1.54) is 11.3 Å². The molecule has 0 bridgehead atoms. The molecular formula is C13H18N2O3S2. The molecule has 0 aliphatic heterocycles. The lowest BCUT2D eigenvalue weighted by molar-refractivity contribution is 0.305. The van der Waals surface area contributed by atoms with Gasteiger partial charge in [-0.05, 0) is 12.8 Å². The molecule has 2 rings (SSSR count). The monoisotopic (exact) mass is 314 g/mol. The molecule has 7 heteroatoms. The summed E-state index contributed by atoms with van der Waals surface area (Å²) >= 11 is 1.22. The van der Waals surface area contributed by atoms with E-state index in [9.17, 15) is 8.42 Å². The number of anilines is 1. The number of thiazole rings is 1. The van der Waals surface area contributed by atoms with Crippen molar-refractivity contribution in [2.75, 3.05) is 11.3 Å². The lowest BCUT2D eigenvalue weighted by Crippen LogP contribution is -2.29. The summed E-state index contributed by atoms with van der Waals surface area (Å²) in [6.07, 6.45) is 6.47. The highest BCUT2D eigenvalue weighted by Crippen LogP contribution is 2.26. The Morgan fingerprint density at radius 2 is 2.15 bits per heavy atom. The zero-order chi connectivity index (χ0) is 14.4. The van der Waals surface area contributed by atoms with Crippen LogP contribution in [0.1, 0.15) is 43.4 Å². The van der Waals surface area contributed by atoms with E-state index in [1.807, 2.05) is 0 Å². The van der Waals surface area contributed by atoms with Gasteiger partial charge in [0, 0.05) is 6.42 Å². The molecule has 0 aromatic carbocycles. The van der Waals surface area contributed by atoms with Crippen molar-refractivity contribution in [3.63, 3.8) is 0 Å². The van der Waals surface area contributed by atoms with Crippen LogP contribution < -0.4 is 4.72 Å². The molecule has 1 aliphatic rings. The number of nitrogens with one attached hydrogen (secondary N) is 1. The molecule has 1 aromatic heterocycles. The first-order valence-electron chi connectivity index (χ1n) is 6.69. The molecule has 1 heterocycles. The van der Waals surface area contributed by atoms with E-state index in [4.69, 9.17) is 5.11 Å². The smallest absolute Gasteiger partial charge is 0.237 e. The summed E-state index contributed by atoms with van der Waals surface area (Å²) in [5.41, 5.74) is 0. The largest absolute Gasteiger partial charge is 0.395 e. The third-order valence-corrected chi connectivity index (χ3v) is 5.96. The minimum absolute atomic E-state index is 0.0208. The third-order valence-electron chi connectivity index (χ3n) is 3.17. The Hall–Kier alpha value is -1.10. The van der Waals surface area contributed by atoms with Gasteiger partial charge in [-0.3, -0.25) is 4.72 Å². The van der Waals surface area contributed by atoms with Crippen molar-refractivity contribution in [1.29, 1.82) is 0 Å². The van der Waals surface area contributed by atoms with Gasteiger partial charge in [0.25, 0.3) is 0 Å². The fourth-order valence-corrected chi connectivity index (χ4v) is 4.64. The lowest BCUT2D eigenvalue weighted by Gasteiger charge is -2.21. The Morgan fingerprint density at radius 3 is 2.85 bits per heavy atom. The first-order valence-corrected chi connectivity index (χ1v) is 9.05. The molecule has 0 spiro atoms. The summed E-state index contributed by atoms with van der Waals surface area (Å²) in [5.74, 6) is 5.63. The zero-order valence-corrected chi connectivity index (χ0v) is 12.8. The van der Waals surface area contributed by atoms with Crippen LogP contribution >= 0.6 is 11.3 Å². The van der Waals surface area contributed by atoms with Crippen LogP contribution in [0.15, 0.2) is 6.20 Å². The summed E-state index contributed by atoms with van der Waals surface area (Å²) in [6.45, 7) is 0.0208. The quantitative estimate of drug-likeness (QED) is 0.833. The van der Waals surface area contributed by atoms with Gasteiger partial charge < -0.3 is 5.11 Å². The lowest BCUT2D eigenvalue weighted by atomic mass is 10.0. The van der Waals surface area contributed by atoms with Gasteiger partial charge in [0.15, 0.2) is 5.13 Å². The van der Waals surface area contributed by atoms with Crippen molar-refractivity contribution in [3.8, 4) is 11.8 Å². The summed E-state index contributed by atoms with van der Waals surface area (Å²) in [6, 6.07) is 0. The highest BCUT2D eigenvalue weighted by molar-refractivity contribution is 7.93. The third kappa shape index (κ3) is 4.20. The number of nitrogens with zero attached hydrogens (tertiary/aromatic N) is 1. The van der Waals surface area contributed by atoms with Crippen molar-refractivity contribution in [2.45, 2.75) is 43.8 Å². The van der Waals surface area contributed by atoms with Crippen LogP contribution in [0.3, 0.4) is 0 Å². The number of aliphatic hydroxyl groups is 1. The minimum atomic E-state index is -3.34. The minimum Gasteiger partial charge on any atom is -0.395 e. The maximum atomic E-state index is 12.2. The first-order chi connectivity index (χ1) is 9.62. The molecule has 5 nitrogen and oxygen atoms in total. The predicted molar refractivity (Wildman–Crippen MR) is 80.1 cm³/mol. The van der Waals surface area contributed by atoms with E-state index in [2.05, 4.69) is 21.5 Å². The van der Waals surface area contributed by atoms with E-state index in [-0.39, 0.29) is 11.9 Å². The maximum absolute atomic E-state index is 12.2. The molecule has 0 radical (unpaired) electrons. The van der Waals surface area contributed by atoms with Crippen molar-refractivity contribution >= 4 is 26.5 Å². The number of hydrogen-bond donors (Lipinski definition) is 2. The molecule has 1 fully saturated rings. The van der Waals surface area contributed by atoms with E-state index in [0.29, 0.717) is 16.4 Å². The van der Waals surface area contributed by atoms with Gasteiger partial charge in [-0.1, -0.05) is 42.4 Å². The molecule has 20 heavy (non-hydrogen) atoms. The number of rotatable bonds is 4. The Balaban J connectivity index is 2.01. The Bertz CT molecular complexity index is 593. The van der Waals surface area contributed by atoms with Gasteiger partial charge in [0.1, 0.15) is 0 Å². The molecule has 1 aromatic rings. The van der Waals surface area contributed by atoms with E-state index >= 15 is 0 Å². The Labute approximate surface area is 123 Å². The van der Waals surface area contributed by atoms with Crippen LogP contribution in [-0.4, -0.2) is 30.4 Å². The second-order valence-electron chi connectivity index (χ2n) is 4.71. The molecule has 0 unspecified atom stereocenters. The van der Waals surface area contributed by atoms with Gasteiger partial charge in [-0.2, -0.15) is 0 Å². The second kappa shape index (κ2) is 7.07. The van der Waals surface area contributed by atoms with Gasteiger partial charge in [-0.15, -0.1) is 0 Å². The Kier molecular flexibility index (Phi) is 5.40. The highest BCUT2D eigenvalue weighted by atomic mass is 32.2. The Morgan fingerprint density at radius 1 is 1.40 bits per heavy atom. The zero-order valence-electron chi connectivity index (χ0n) is 11.1. The summed E-state index contributed by atoms with van der Waals surface area (Å²) in [7, 11) is -3.34. The van der Waals surface area contributed by atoms with Crippen LogP contribution in [-0.2, 0) is 10.0 Å². The van der Waals surface area contributed by atoms with Crippen LogP contribution in [0.2, 0.25) is 0 Å². The molecule has 110 valence electrons. The normalized spacial score (nSPS) is 16.4. The van der Waals surface area contributed by atoms with Crippen LogP contribution in [0.25, 0.3) is 0 Å². The second-order valence-corrected chi connectivity index (χ2v) is 7.70. The van der Waals surface area contributed by atoms with Crippen molar-refractivity contribution in [1.82, 2.24) is 4.98 Å². The molecular weight excluding hydrogens is 296 g/mol. The molecule has 0 amide bonds. The number of aliphatic hydroxyl groups excluding tert-OH is 1. The average Bonchev–Trinajstić information content (AvgIpc) is 2.87. The molecule has 2 N–H and O–H groups in total. The predicted octanol–water partition coefficient (Wildman–Crippen LogP) is 1.95. The number of hydrogen-bond acceptors (Lipinski definition) is 5. The van der Waals surface area contributed by atoms with Gasteiger partial charge >= 0.3 is 0 Å². The van der Waals surface area contributed by atoms with E-state index in [1.54, 1.807) is 6.20 Å². The number of sulfonamides is 1. The van der Waals surface area contributed by atoms with Crippen molar-refractivity contribution in [3.05, 3.63) is 11.1 Å². The van der Waals surface area contributed by atoms with Gasteiger partial charge in [0.2, 0.25) is 10.0 Å². The standard InChI is InChI=1S/C13H18N2O3S2/c16-9-5-4-6-11-10-14-13(19-11)15-20(17,18)12-7-2-1-3-8-12/h10,12,16H,1-3,5,7-9H2,(H,14,15). The van der Waals surface area contributed by atoms with E-state index < -0.39 is 10.0 Å². The van der Waals surface area contributed by atoms with Crippen molar-refractivity contribution in [2.24, 2.45) is 0 Å². The first kappa shape index (κ1) is 15.3. The van der Waals surface area contributed by atoms with Crippen LogP contribution in [0.5, 0.6) is 0 Å². The summed E-state index contributed by atoms with van der Waals surface area (Å²) in [5, 5.41) is 8.70. The fraction of sp³-hybridized carbons (Fsp3) is 0.615.